The molecule has 5 nitrogen and oxygen atoms in total. The summed E-state index contributed by atoms with van der Waals surface area (Å²) < 4.78 is 4.81. The molecule has 0 saturated heterocycles. The average molecular weight is 346 g/mol. The summed E-state index contributed by atoms with van der Waals surface area (Å²) in [4.78, 5) is 23.5. The Balaban J connectivity index is 2.01. The van der Waals surface area contributed by atoms with E-state index in [4.69, 9.17) is 10.00 Å². The van der Waals surface area contributed by atoms with E-state index in [9.17, 15) is 9.59 Å². The summed E-state index contributed by atoms with van der Waals surface area (Å²) in [5.41, 5.74) is 2.13. The van der Waals surface area contributed by atoms with Crippen molar-refractivity contribution in [1.82, 2.24) is 0 Å². The lowest BCUT2D eigenvalue weighted by Gasteiger charge is -2.03. The van der Waals surface area contributed by atoms with Crippen molar-refractivity contribution in [1.29, 1.82) is 5.26 Å². The quantitative estimate of drug-likeness (QED) is 0.490. The normalized spacial score (nSPS) is 11.0. The second-order valence-electron chi connectivity index (χ2n) is 5.25. The van der Waals surface area contributed by atoms with Crippen molar-refractivity contribution in [2.75, 3.05) is 11.9 Å². The summed E-state index contributed by atoms with van der Waals surface area (Å²) in [5, 5.41) is 11.8. The number of carbonyl (C=O) groups excluding carboxylic acids is 2. The Kier molecular flexibility index (Phi) is 6.90. The van der Waals surface area contributed by atoms with Crippen LogP contribution in [0.4, 0.5) is 5.69 Å². The molecule has 0 saturated carbocycles. The van der Waals surface area contributed by atoms with Gasteiger partial charge in [-0.25, -0.2) is 4.79 Å². The van der Waals surface area contributed by atoms with Crippen molar-refractivity contribution in [2.45, 2.75) is 6.92 Å². The van der Waals surface area contributed by atoms with Gasteiger partial charge in [-0.15, -0.1) is 0 Å². The van der Waals surface area contributed by atoms with E-state index < -0.39 is 5.97 Å². The third kappa shape index (κ3) is 5.77. The van der Waals surface area contributed by atoms with Crippen molar-refractivity contribution < 1.29 is 14.3 Å². The Morgan fingerprint density at radius 2 is 1.77 bits per heavy atom. The molecule has 0 spiro atoms. The zero-order chi connectivity index (χ0) is 18.8. The largest absolute Gasteiger partial charge is 0.462 e. The zero-order valence-electron chi connectivity index (χ0n) is 14.3. The van der Waals surface area contributed by atoms with Gasteiger partial charge < -0.3 is 10.1 Å². The van der Waals surface area contributed by atoms with Crippen LogP contribution in [0.5, 0.6) is 0 Å². The lowest BCUT2D eigenvalue weighted by atomic mass is 10.1. The molecule has 2 aromatic rings. The highest BCUT2D eigenvalue weighted by atomic mass is 16.5. The van der Waals surface area contributed by atoms with Crippen molar-refractivity contribution in [3.8, 4) is 6.07 Å². The molecule has 1 amide bonds. The summed E-state index contributed by atoms with van der Waals surface area (Å²) in [6, 6.07) is 18.1. The smallest absolute Gasteiger partial charge is 0.348 e. The fourth-order valence-corrected chi connectivity index (χ4v) is 2.10. The van der Waals surface area contributed by atoms with E-state index >= 15 is 0 Å². The Morgan fingerprint density at radius 3 is 2.38 bits per heavy atom. The van der Waals surface area contributed by atoms with Crippen molar-refractivity contribution in [3.05, 3.63) is 77.4 Å². The molecule has 130 valence electrons. The number of nitriles is 1. The van der Waals surface area contributed by atoms with Crippen LogP contribution in [0.25, 0.3) is 12.2 Å². The molecule has 2 aromatic carbocycles. The van der Waals surface area contributed by atoms with Crippen LogP contribution in [0.15, 0.2) is 66.2 Å². The number of hydrogen-bond donors (Lipinski definition) is 1. The number of esters is 1. The molecule has 26 heavy (non-hydrogen) atoms. The Hall–Kier alpha value is -3.65. The van der Waals surface area contributed by atoms with Gasteiger partial charge in [0.25, 0.3) is 0 Å². The molecule has 0 aliphatic heterocycles. The van der Waals surface area contributed by atoms with Gasteiger partial charge in [0.15, 0.2) is 0 Å². The first kappa shape index (κ1) is 18.7. The van der Waals surface area contributed by atoms with Crippen LogP contribution < -0.4 is 5.32 Å². The molecule has 0 unspecified atom stereocenters. The van der Waals surface area contributed by atoms with E-state index in [1.165, 1.54) is 12.2 Å². The molecule has 0 radical (unpaired) electrons. The summed E-state index contributed by atoms with van der Waals surface area (Å²) in [6.45, 7) is 1.88. The van der Waals surface area contributed by atoms with Gasteiger partial charge in [0.05, 0.1) is 6.61 Å². The Bertz CT molecular complexity index is 860. The number of anilines is 1. The first-order chi connectivity index (χ1) is 12.6. The van der Waals surface area contributed by atoms with E-state index in [1.54, 1.807) is 37.3 Å². The monoisotopic (exact) mass is 346 g/mol. The number of benzene rings is 2. The number of ether oxygens (including phenoxy) is 1. The number of nitrogens with one attached hydrogen (secondary N) is 1. The molecule has 0 fully saturated rings. The minimum absolute atomic E-state index is 0.0746. The number of amides is 1. The van der Waals surface area contributed by atoms with Crippen molar-refractivity contribution >= 4 is 29.7 Å². The number of nitrogens with zero attached hydrogens (tertiary/aromatic N) is 1. The zero-order valence-corrected chi connectivity index (χ0v) is 14.3. The van der Waals surface area contributed by atoms with Crippen LogP contribution in [-0.4, -0.2) is 18.5 Å². The Morgan fingerprint density at radius 1 is 1.08 bits per heavy atom. The molecule has 2 rings (SSSR count). The second-order valence-corrected chi connectivity index (χ2v) is 5.25. The first-order valence-corrected chi connectivity index (χ1v) is 8.05. The van der Waals surface area contributed by atoms with Crippen LogP contribution in [0.3, 0.4) is 0 Å². The van der Waals surface area contributed by atoms with Gasteiger partial charge in [0.2, 0.25) is 5.91 Å². The minimum Gasteiger partial charge on any atom is -0.462 e. The van der Waals surface area contributed by atoms with Gasteiger partial charge in [-0.05, 0) is 42.3 Å². The van der Waals surface area contributed by atoms with Gasteiger partial charge in [-0.2, -0.15) is 5.26 Å². The number of rotatable bonds is 6. The fourth-order valence-electron chi connectivity index (χ4n) is 2.10. The molecule has 0 bridgehead atoms. The Labute approximate surface area is 152 Å². The highest BCUT2D eigenvalue weighted by molar-refractivity contribution is 6.02. The van der Waals surface area contributed by atoms with Crippen LogP contribution in [0.2, 0.25) is 0 Å². The van der Waals surface area contributed by atoms with Crippen LogP contribution in [0, 0.1) is 11.3 Å². The van der Waals surface area contributed by atoms with Crippen LogP contribution in [0.1, 0.15) is 18.1 Å². The minimum atomic E-state index is -0.654. The van der Waals surface area contributed by atoms with E-state index in [1.807, 2.05) is 36.4 Å². The second kappa shape index (κ2) is 9.60. The van der Waals surface area contributed by atoms with E-state index in [-0.39, 0.29) is 18.1 Å². The number of carbonyl (C=O) groups is 2. The van der Waals surface area contributed by atoms with Gasteiger partial charge in [-0.3, -0.25) is 4.79 Å². The molecular formula is C21H18N2O3. The molecule has 1 N–H and O–H groups in total. The van der Waals surface area contributed by atoms with Crippen LogP contribution in [-0.2, 0) is 14.3 Å². The third-order valence-electron chi connectivity index (χ3n) is 3.33. The molecule has 0 aliphatic rings. The summed E-state index contributed by atoms with van der Waals surface area (Å²) in [7, 11) is 0. The molecule has 0 atom stereocenters. The topological polar surface area (TPSA) is 79.2 Å². The van der Waals surface area contributed by atoms with Gasteiger partial charge in [0, 0.05) is 11.8 Å². The predicted octanol–water partition coefficient (Wildman–Crippen LogP) is 3.81. The SMILES string of the molecule is CCOC(=O)/C(C#N)=C\c1ccc(NC(=O)/C=C/c2ccccc2)cc1. The maximum Gasteiger partial charge on any atom is 0.348 e. The van der Waals surface area contributed by atoms with E-state index in [0.717, 1.165) is 5.56 Å². The molecule has 0 heterocycles. The van der Waals surface area contributed by atoms with Crippen molar-refractivity contribution in [2.24, 2.45) is 0 Å². The fraction of sp³-hybridized carbons (Fsp3) is 0.0952. The lowest BCUT2D eigenvalue weighted by molar-refractivity contribution is -0.137. The maximum absolute atomic E-state index is 11.9. The summed E-state index contributed by atoms with van der Waals surface area (Å²) in [5.74, 6) is -0.903. The van der Waals surface area contributed by atoms with Crippen LogP contribution >= 0.6 is 0 Å². The highest BCUT2D eigenvalue weighted by Crippen LogP contribution is 2.13. The summed E-state index contributed by atoms with van der Waals surface area (Å²) >= 11 is 0. The predicted molar refractivity (Wildman–Crippen MR) is 101 cm³/mol. The summed E-state index contributed by atoms with van der Waals surface area (Å²) in [6.07, 6.45) is 4.63. The van der Waals surface area contributed by atoms with Gasteiger partial charge in [-0.1, -0.05) is 42.5 Å². The standard InChI is InChI=1S/C21H18N2O3/c1-2-26-21(25)18(15-22)14-17-8-11-19(12-9-17)23-20(24)13-10-16-6-4-3-5-7-16/h3-14H,2H2,1H3,(H,23,24)/b13-10+,18-14-. The third-order valence-corrected chi connectivity index (χ3v) is 3.33. The van der Waals surface area contributed by atoms with Crippen molar-refractivity contribution in [3.63, 3.8) is 0 Å². The number of hydrogen-bond acceptors (Lipinski definition) is 4. The van der Waals surface area contributed by atoms with E-state index in [0.29, 0.717) is 11.3 Å². The highest BCUT2D eigenvalue weighted by Gasteiger charge is 2.09. The maximum atomic E-state index is 11.9. The van der Waals surface area contributed by atoms with Gasteiger partial charge >= 0.3 is 5.97 Å². The molecular weight excluding hydrogens is 328 g/mol. The molecule has 0 aromatic heterocycles. The van der Waals surface area contributed by atoms with E-state index in [2.05, 4.69) is 5.32 Å². The average Bonchev–Trinajstić information content (AvgIpc) is 2.66. The lowest BCUT2D eigenvalue weighted by Crippen LogP contribution is -2.07. The van der Waals surface area contributed by atoms with Gasteiger partial charge in [0.1, 0.15) is 11.6 Å². The molecule has 5 heteroatoms. The molecule has 0 aliphatic carbocycles. The first-order valence-electron chi connectivity index (χ1n) is 8.05.